The van der Waals surface area contributed by atoms with Crippen molar-refractivity contribution in [1.82, 2.24) is 0 Å². The first kappa shape index (κ1) is 28.0. The molecule has 0 bridgehead atoms. The summed E-state index contributed by atoms with van der Waals surface area (Å²) in [6.45, 7) is 3.00. The summed E-state index contributed by atoms with van der Waals surface area (Å²) >= 11 is 0. The highest BCUT2D eigenvalue weighted by Crippen LogP contribution is 2.28. The molecule has 1 amide bonds. The Bertz CT molecular complexity index is 1250. The van der Waals surface area contributed by atoms with Crippen molar-refractivity contribution in [1.29, 1.82) is 0 Å². The van der Waals surface area contributed by atoms with Gasteiger partial charge in [0.25, 0.3) is 11.4 Å². The number of para-hydroxylation sites is 1. The van der Waals surface area contributed by atoms with Crippen molar-refractivity contribution >= 4 is 40.1 Å². The number of carbonyl (C=O) groups excluding carboxylic acids is 2. The Balaban J connectivity index is 0.000000294. The molecule has 13 heteroatoms. The zero-order valence-electron chi connectivity index (χ0n) is 20.0. The number of rotatable bonds is 9. The number of ketones is 1. The number of carbonyl (C=O) groups is 2. The van der Waals surface area contributed by atoms with E-state index in [1.54, 1.807) is 0 Å². The van der Waals surface area contributed by atoms with Crippen LogP contribution in [0, 0.1) is 27.2 Å². The van der Waals surface area contributed by atoms with Gasteiger partial charge in [0.05, 0.1) is 28.4 Å². The second-order valence-electron chi connectivity index (χ2n) is 7.60. The predicted octanol–water partition coefficient (Wildman–Crippen LogP) is 4.00. The van der Waals surface area contributed by atoms with Gasteiger partial charge in [-0.25, -0.2) is 0 Å². The quantitative estimate of drug-likeness (QED) is 0.124. The van der Waals surface area contributed by atoms with Crippen LogP contribution in [0.2, 0.25) is 0 Å². The van der Waals surface area contributed by atoms with Gasteiger partial charge in [-0.3, -0.25) is 29.8 Å². The van der Waals surface area contributed by atoms with Crippen molar-refractivity contribution in [2.24, 2.45) is 0 Å². The van der Waals surface area contributed by atoms with E-state index in [4.69, 9.17) is 20.9 Å². The second kappa shape index (κ2) is 13.0. The average molecular weight is 511 g/mol. The van der Waals surface area contributed by atoms with Crippen LogP contribution in [0.3, 0.4) is 0 Å². The number of benzene rings is 3. The largest absolute Gasteiger partial charge is 0.457 e. The Labute approximate surface area is 211 Å². The van der Waals surface area contributed by atoms with Gasteiger partial charge in [0.2, 0.25) is 12.7 Å². The lowest BCUT2D eigenvalue weighted by molar-refractivity contribution is -0.384. The van der Waals surface area contributed by atoms with Crippen LogP contribution in [0.1, 0.15) is 18.9 Å². The molecular formula is C24H25N5O8. The third-order valence-electron chi connectivity index (χ3n) is 4.68. The number of nitrogens with zero attached hydrogens (tertiary/aromatic N) is 2. The maximum Gasteiger partial charge on any atom is 0.295 e. The predicted molar refractivity (Wildman–Crippen MR) is 136 cm³/mol. The van der Waals surface area contributed by atoms with E-state index in [1.807, 2.05) is 31.2 Å². The van der Waals surface area contributed by atoms with Crippen molar-refractivity contribution in [3.63, 3.8) is 0 Å². The van der Waals surface area contributed by atoms with Gasteiger partial charge in [0, 0.05) is 5.69 Å². The number of ether oxygens (including phenoxy) is 2. The summed E-state index contributed by atoms with van der Waals surface area (Å²) in [5.74, 6) is -0.0328. The number of anilines is 3. The fraction of sp³-hybridized carbons (Fsp3) is 0.167. The lowest BCUT2D eigenvalue weighted by Crippen LogP contribution is -2.15. The summed E-state index contributed by atoms with van der Waals surface area (Å²) in [5, 5.41) is 24.2. The second-order valence-corrected chi connectivity index (χ2v) is 7.60. The van der Waals surface area contributed by atoms with Crippen molar-refractivity contribution < 1.29 is 28.9 Å². The molecule has 0 atom stereocenters. The van der Waals surface area contributed by atoms with Crippen LogP contribution in [-0.2, 0) is 9.59 Å². The zero-order valence-corrected chi connectivity index (χ0v) is 20.0. The Morgan fingerprint density at radius 3 is 1.78 bits per heavy atom. The molecule has 3 aromatic rings. The van der Waals surface area contributed by atoms with Gasteiger partial charge in [-0.15, -0.1) is 0 Å². The molecule has 0 aliphatic heterocycles. The first-order valence-corrected chi connectivity index (χ1v) is 10.7. The van der Waals surface area contributed by atoms with Gasteiger partial charge in [-0.1, -0.05) is 18.2 Å². The lowest BCUT2D eigenvalue weighted by Gasteiger charge is -2.09. The SMILES string of the molecule is CC(=O)CC(=O)Nc1ccccc1C.Nc1ccc(OCOc2ccc(N)c([N+](=O)[O-])c2)cc1[N+](=O)[O-]. The van der Waals surface area contributed by atoms with Gasteiger partial charge < -0.3 is 26.3 Å². The molecule has 194 valence electrons. The van der Waals surface area contributed by atoms with Crippen LogP contribution in [0.25, 0.3) is 0 Å². The minimum absolute atomic E-state index is 0.0115. The molecular weight excluding hydrogens is 486 g/mol. The topological polar surface area (TPSA) is 203 Å². The molecule has 0 aliphatic carbocycles. The third kappa shape index (κ3) is 8.83. The molecule has 0 saturated heterocycles. The zero-order chi connectivity index (χ0) is 27.5. The lowest BCUT2D eigenvalue weighted by atomic mass is 10.2. The molecule has 0 heterocycles. The Kier molecular flexibility index (Phi) is 9.88. The molecule has 3 rings (SSSR count). The molecule has 3 aromatic carbocycles. The van der Waals surface area contributed by atoms with E-state index in [0.29, 0.717) is 0 Å². The fourth-order valence-electron chi connectivity index (χ4n) is 2.84. The number of hydrogen-bond acceptors (Lipinski definition) is 10. The highest BCUT2D eigenvalue weighted by molar-refractivity contribution is 6.03. The summed E-state index contributed by atoms with van der Waals surface area (Å²) in [4.78, 5) is 42.2. The summed E-state index contributed by atoms with van der Waals surface area (Å²) in [5.41, 5.74) is 12.1. The third-order valence-corrected chi connectivity index (χ3v) is 4.68. The first-order valence-electron chi connectivity index (χ1n) is 10.7. The number of amides is 1. The van der Waals surface area contributed by atoms with E-state index in [-0.39, 0.29) is 59.2 Å². The maximum atomic E-state index is 11.2. The van der Waals surface area contributed by atoms with Gasteiger partial charge in [-0.05, 0) is 49.7 Å². The van der Waals surface area contributed by atoms with E-state index in [1.165, 1.54) is 31.2 Å². The van der Waals surface area contributed by atoms with Gasteiger partial charge >= 0.3 is 0 Å². The number of hydrogen-bond donors (Lipinski definition) is 3. The molecule has 0 aromatic heterocycles. The van der Waals surface area contributed by atoms with E-state index < -0.39 is 9.85 Å². The average Bonchev–Trinajstić information content (AvgIpc) is 2.82. The summed E-state index contributed by atoms with van der Waals surface area (Å²) in [6, 6.07) is 15.3. The van der Waals surface area contributed by atoms with E-state index in [2.05, 4.69) is 5.32 Å². The number of nitrogens with two attached hydrogens (primary N) is 2. The molecule has 0 fully saturated rings. The molecule has 0 radical (unpaired) electrons. The highest BCUT2D eigenvalue weighted by atomic mass is 16.7. The normalized spacial score (nSPS) is 9.89. The Morgan fingerprint density at radius 1 is 0.865 bits per heavy atom. The molecule has 5 N–H and O–H groups in total. The Morgan fingerprint density at radius 2 is 1.35 bits per heavy atom. The molecule has 0 saturated carbocycles. The van der Waals surface area contributed by atoms with Crippen LogP contribution in [0.5, 0.6) is 11.5 Å². The van der Waals surface area contributed by atoms with Crippen LogP contribution in [-0.4, -0.2) is 28.3 Å². The van der Waals surface area contributed by atoms with Crippen LogP contribution < -0.4 is 26.3 Å². The molecule has 13 nitrogen and oxygen atoms in total. The van der Waals surface area contributed by atoms with E-state index >= 15 is 0 Å². The molecule has 37 heavy (non-hydrogen) atoms. The smallest absolute Gasteiger partial charge is 0.295 e. The number of nitrogen functional groups attached to an aromatic ring is 2. The number of nitro benzene ring substituents is 2. The molecule has 0 aliphatic rings. The Hall–Kier alpha value is -5.20. The number of nitro groups is 2. The van der Waals surface area contributed by atoms with Crippen molar-refractivity contribution in [2.75, 3.05) is 23.6 Å². The van der Waals surface area contributed by atoms with Gasteiger partial charge in [0.15, 0.2) is 0 Å². The van der Waals surface area contributed by atoms with Gasteiger partial charge in [-0.2, -0.15) is 0 Å². The first-order chi connectivity index (χ1) is 17.5. The van der Waals surface area contributed by atoms with Crippen LogP contribution in [0.4, 0.5) is 28.4 Å². The van der Waals surface area contributed by atoms with Crippen molar-refractivity contribution in [3.8, 4) is 11.5 Å². The molecule has 0 spiro atoms. The fourth-order valence-corrected chi connectivity index (χ4v) is 2.84. The maximum absolute atomic E-state index is 11.2. The van der Waals surface area contributed by atoms with Crippen LogP contribution >= 0.6 is 0 Å². The minimum atomic E-state index is -0.633. The standard InChI is InChI=1S/C13H12N4O6.C11H13NO2/c14-10-3-1-8(5-12(10)16(18)19)22-7-23-9-2-4-11(15)13(6-9)17(20)21;1-8-5-3-4-6-10(8)12-11(14)7-9(2)13/h1-6H,7,14-15H2;3-6H,7H2,1-2H3,(H,12,14). The van der Waals surface area contributed by atoms with Crippen LogP contribution in [0.15, 0.2) is 60.7 Å². The van der Waals surface area contributed by atoms with Crippen molar-refractivity contribution in [3.05, 3.63) is 86.5 Å². The number of Topliss-reactive ketones (excluding diaryl/α,β-unsaturated/α-hetero) is 1. The van der Waals surface area contributed by atoms with E-state index in [0.717, 1.165) is 23.4 Å². The highest BCUT2D eigenvalue weighted by Gasteiger charge is 2.14. The van der Waals surface area contributed by atoms with Crippen molar-refractivity contribution in [2.45, 2.75) is 20.3 Å². The summed E-state index contributed by atoms with van der Waals surface area (Å²) < 4.78 is 10.4. The minimum Gasteiger partial charge on any atom is -0.457 e. The number of aryl methyl sites for hydroxylation is 1. The number of nitrogens with one attached hydrogen (secondary N) is 1. The monoisotopic (exact) mass is 511 g/mol. The van der Waals surface area contributed by atoms with Gasteiger partial charge in [0.1, 0.15) is 28.7 Å². The molecule has 0 unspecified atom stereocenters. The summed E-state index contributed by atoms with van der Waals surface area (Å²) in [6.07, 6.45) is -0.0612. The van der Waals surface area contributed by atoms with E-state index in [9.17, 15) is 29.8 Å². The summed E-state index contributed by atoms with van der Waals surface area (Å²) in [7, 11) is 0.